The van der Waals surface area contributed by atoms with Gasteiger partial charge in [0.1, 0.15) is 0 Å². The van der Waals surface area contributed by atoms with Gasteiger partial charge in [0.2, 0.25) is 0 Å². The lowest BCUT2D eigenvalue weighted by atomic mass is 9.92. The fourth-order valence-corrected chi connectivity index (χ4v) is 1.57. The van der Waals surface area contributed by atoms with Crippen molar-refractivity contribution in [3.8, 4) is 0 Å². The third kappa shape index (κ3) is 1.47. The van der Waals surface area contributed by atoms with Gasteiger partial charge in [-0.15, -0.1) is 0 Å². The molecule has 0 saturated carbocycles. The van der Waals surface area contributed by atoms with Crippen LogP contribution in [0.5, 0.6) is 0 Å². The van der Waals surface area contributed by atoms with Crippen LogP contribution in [0.4, 0.5) is 0 Å². The Balaban J connectivity index is 2.94. The SMILES string of the molecule is CCCC1(C(=O)O)NN(C)C=C1N. The molecule has 0 aromatic rings. The Morgan fingerprint density at radius 2 is 2.46 bits per heavy atom. The first-order chi connectivity index (χ1) is 6.03. The molecular weight excluding hydrogens is 170 g/mol. The molecule has 13 heavy (non-hydrogen) atoms. The zero-order valence-corrected chi connectivity index (χ0v) is 7.87. The van der Waals surface area contributed by atoms with Crippen LogP contribution in [0.25, 0.3) is 0 Å². The first-order valence-electron chi connectivity index (χ1n) is 4.24. The van der Waals surface area contributed by atoms with E-state index < -0.39 is 11.5 Å². The molecule has 0 aromatic carbocycles. The van der Waals surface area contributed by atoms with Gasteiger partial charge in [0.05, 0.1) is 5.70 Å². The Labute approximate surface area is 77.2 Å². The van der Waals surface area contributed by atoms with Crippen molar-refractivity contribution in [1.82, 2.24) is 10.4 Å². The van der Waals surface area contributed by atoms with Crippen molar-refractivity contribution < 1.29 is 9.90 Å². The number of rotatable bonds is 3. The van der Waals surface area contributed by atoms with Crippen molar-refractivity contribution in [3.05, 3.63) is 11.9 Å². The molecule has 0 radical (unpaired) electrons. The number of aliphatic carboxylic acids is 1. The van der Waals surface area contributed by atoms with E-state index >= 15 is 0 Å². The van der Waals surface area contributed by atoms with Crippen molar-refractivity contribution in [2.75, 3.05) is 7.05 Å². The van der Waals surface area contributed by atoms with Gasteiger partial charge >= 0.3 is 5.97 Å². The third-order valence-electron chi connectivity index (χ3n) is 2.18. The van der Waals surface area contributed by atoms with E-state index in [-0.39, 0.29) is 0 Å². The minimum absolute atomic E-state index is 0.365. The van der Waals surface area contributed by atoms with Crippen LogP contribution in [-0.2, 0) is 4.79 Å². The maximum atomic E-state index is 11.1. The standard InChI is InChI=1S/C8H15N3O2/c1-3-4-8(7(12)13)6(9)5-11(2)10-8/h5,10H,3-4,9H2,1-2H3,(H,12,13). The Morgan fingerprint density at radius 3 is 2.77 bits per heavy atom. The molecule has 1 aliphatic rings. The molecule has 0 bridgehead atoms. The van der Waals surface area contributed by atoms with E-state index in [9.17, 15) is 4.79 Å². The monoisotopic (exact) mass is 185 g/mol. The average Bonchev–Trinajstić information content (AvgIpc) is 2.28. The van der Waals surface area contributed by atoms with Crippen molar-refractivity contribution >= 4 is 5.97 Å². The maximum Gasteiger partial charge on any atom is 0.331 e. The molecule has 1 rings (SSSR count). The Morgan fingerprint density at radius 1 is 1.85 bits per heavy atom. The summed E-state index contributed by atoms with van der Waals surface area (Å²) >= 11 is 0. The number of carboxylic acid groups (broad SMARTS) is 1. The average molecular weight is 185 g/mol. The van der Waals surface area contributed by atoms with Gasteiger partial charge in [-0.2, -0.15) is 0 Å². The lowest BCUT2D eigenvalue weighted by Gasteiger charge is -2.26. The second-order valence-corrected chi connectivity index (χ2v) is 3.27. The van der Waals surface area contributed by atoms with Crippen LogP contribution >= 0.6 is 0 Å². The van der Waals surface area contributed by atoms with E-state index in [2.05, 4.69) is 5.43 Å². The van der Waals surface area contributed by atoms with Gasteiger partial charge in [-0.25, -0.2) is 10.2 Å². The molecule has 0 fully saturated rings. The van der Waals surface area contributed by atoms with Crippen LogP contribution < -0.4 is 11.2 Å². The minimum atomic E-state index is -1.09. The van der Waals surface area contributed by atoms with Gasteiger partial charge in [-0.3, -0.25) is 0 Å². The maximum absolute atomic E-state index is 11.1. The fourth-order valence-electron chi connectivity index (χ4n) is 1.57. The van der Waals surface area contributed by atoms with E-state index in [1.807, 2.05) is 6.92 Å². The van der Waals surface area contributed by atoms with E-state index in [1.165, 1.54) is 0 Å². The normalized spacial score (nSPS) is 27.5. The zero-order chi connectivity index (χ0) is 10.1. The number of hydrogen-bond acceptors (Lipinski definition) is 4. The van der Waals surface area contributed by atoms with Crippen molar-refractivity contribution in [2.24, 2.45) is 5.73 Å². The summed E-state index contributed by atoms with van der Waals surface area (Å²) in [5, 5.41) is 10.7. The molecular formula is C8H15N3O2. The van der Waals surface area contributed by atoms with Gasteiger partial charge in [-0.05, 0) is 6.42 Å². The molecule has 74 valence electrons. The summed E-state index contributed by atoms with van der Waals surface area (Å²) in [4.78, 5) is 11.1. The number of carboxylic acids is 1. The van der Waals surface area contributed by atoms with E-state index in [1.54, 1.807) is 18.3 Å². The first-order valence-corrected chi connectivity index (χ1v) is 4.24. The number of nitrogens with two attached hydrogens (primary N) is 1. The number of nitrogens with zero attached hydrogens (tertiary/aromatic N) is 1. The number of nitrogens with one attached hydrogen (secondary N) is 1. The lowest BCUT2D eigenvalue weighted by Crippen LogP contribution is -2.54. The van der Waals surface area contributed by atoms with Crippen LogP contribution in [0.3, 0.4) is 0 Å². The molecule has 1 unspecified atom stereocenters. The van der Waals surface area contributed by atoms with Crippen molar-refractivity contribution in [3.63, 3.8) is 0 Å². The van der Waals surface area contributed by atoms with Crippen LogP contribution in [0.2, 0.25) is 0 Å². The third-order valence-corrected chi connectivity index (χ3v) is 2.18. The second kappa shape index (κ2) is 3.26. The molecule has 1 heterocycles. The van der Waals surface area contributed by atoms with Crippen LogP contribution in [0.15, 0.2) is 11.9 Å². The Hall–Kier alpha value is -1.23. The van der Waals surface area contributed by atoms with Gasteiger partial charge in [0.25, 0.3) is 0 Å². The van der Waals surface area contributed by atoms with Crippen molar-refractivity contribution in [1.29, 1.82) is 0 Å². The highest BCUT2D eigenvalue weighted by molar-refractivity contribution is 5.83. The number of carbonyl (C=O) groups is 1. The highest BCUT2D eigenvalue weighted by Crippen LogP contribution is 2.24. The largest absolute Gasteiger partial charge is 0.480 e. The predicted molar refractivity (Wildman–Crippen MR) is 48.4 cm³/mol. The summed E-state index contributed by atoms with van der Waals surface area (Å²) in [6.07, 6.45) is 2.86. The van der Waals surface area contributed by atoms with Crippen LogP contribution in [0, 0.1) is 0 Å². The molecule has 0 aromatic heterocycles. The van der Waals surface area contributed by atoms with Gasteiger partial charge < -0.3 is 15.8 Å². The molecule has 0 saturated heterocycles. The molecule has 0 amide bonds. The molecule has 4 N–H and O–H groups in total. The quantitative estimate of drug-likeness (QED) is 0.570. The summed E-state index contributed by atoms with van der Waals surface area (Å²) in [7, 11) is 1.73. The topological polar surface area (TPSA) is 78.6 Å². The van der Waals surface area contributed by atoms with E-state index in [0.717, 1.165) is 6.42 Å². The Bertz CT molecular complexity index is 252. The lowest BCUT2D eigenvalue weighted by molar-refractivity contribution is -0.144. The van der Waals surface area contributed by atoms with E-state index in [4.69, 9.17) is 10.8 Å². The highest BCUT2D eigenvalue weighted by atomic mass is 16.4. The minimum Gasteiger partial charge on any atom is -0.480 e. The molecule has 5 heteroatoms. The summed E-state index contributed by atoms with van der Waals surface area (Å²) < 4.78 is 0. The smallest absolute Gasteiger partial charge is 0.331 e. The van der Waals surface area contributed by atoms with Crippen LogP contribution in [-0.4, -0.2) is 28.7 Å². The molecule has 0 aliphatic carbocycles. The summed E-state index contributed by atoms with van der Waals surface area (Å²) in [6, 6.07) is 0. The highest BCUT2D eigenvalue weighted by Gasteiger charge is 2.44. The zero-order valence-electron chi connectivity index (χ0n) is 7.87. The first kappa shape index (κ1) is 9.85. The number of hydrogen-bond donors (Lipinski definition) is 3. The fraction of sp³-hybridized carbons (Fsp3) is 0.625. The summed E-state index contributed by atoms with van der Waals surface area (Å²) in [5.41, 5.74) is 7.77. The summed E-state index contributed by atoms with van der Waals surface area (Å²) in [5.74, 6) is -0.924. The van der Waals surface area contributed by atoms with Crippen LogP contribution in [0.1, 0.15) is 19.8 Å². The van der Waals surface area contributed by atoms with Crippen molar-refractivity contribution in [2.45, 2.75) is 25.3 Å². The van der Waals surface area contributed by atoms with Gasteiger partial charge in [0, 0.05) is 13.2 Å². The summed E-state index contributed by atoms with van der Waals surface area (Å²) in [6.45, 7) is 1.93. The van der Waals surface area contributed by atoms with E-state index in [0.29, 0.717) is 12.1 Å². The van der Waals surface area contributed by atoms with Gasteiger partial charge in [-0.1, -0.05) is 13.3 Å². The van der Waals surface area contributed by atoms with Gasteiger partial charge in [0.15, 0.2) is 5.54 Å². The number of hydrazine groups is 1. The molecule has 1 atom stereocenters. The Kier molecular flexibility index (Phi) is 2.47. The second-order valence-electron chi connectivity index (χ2n) is 3.27. The molecule has 1 aliphatic heterocycles. The predicted octanol–water partition coefficient (Wildman–Crippen LogP) is -0.140. The molecule has 5 nitrogen and oxygen atoms in total. The molecule has 0 spiro atoms.